The Labute approximate surface area is 75.1 Å². The fraction of sp³-hybridized carbons (Fsp3) is 0.429. The molecule has 0 atom stereocenters. The van der Waals surface area contributed by atoms with Crippen molar-refractivity contribution >= 4 is 17.0 Å². The molecule has 5 heteroatoms. The van der Waals surface area contributed by atoms with E-state index in [4.69, 9.17) is 11.6 Å². The van der Waals surface area contributed by atoms with E-state index in [0.717, 1.165) is 5.82 Å². The number of hydrogen-bond donors (Lipinski definition) is 0. The Morgan fingerprint density at radius 1 is 1.83 bits per heavy atom. The number of aryl methyl sites for hydroxylation is 1. The van der Waals surface area contributed by atoms with Gasteiger partial charge in [0.2, 0.25) is 0 Å². The average molecular weight is 189 g/mol. The SMILES string of the molecule is Cc1nccn1CCOC(=O)Cl. The number of ether oxygens (including phenoxy) is 1. The molecule has 0 aliphatic carbocycles. The minimum absolute atomic E-state index is 0.277. The lowest BCUT2D eigenvalue weighted by Crippen LogP contribution is -2.07. The standard InChI is InChI=1S/C7H9ClN2O2/c1-6-9-2-3-10(6)4-5-12-7(8)11/h2-3H,4-5H2,1H3. The molecule has 1 heterocycles. The van der Waals surface area contributed by atoms with Crippen LogP contribution in [0.4, 0.5) is 4.79 Å². The number of carbonyl (C=O) groups is 1. The maximum absolute atomic E-state index is 10.2. The molecule has 0 bridgehead atoms. The van der Waals surface area contributed by atoms with Crippen molar-refractivity contribution in [1.82, 2.24) is 9.55 Å². The molecular weight excluding hydrogens is 180 g/mol. The first-order valence-corrected chi connectivity index (χ1v) is 3.88. The molecule has 0 unspecified atom stereocenters. The van der Waals surface area contributed by atoms with E-state index in [1.54, 1.807) is 6.20 Å². The Morgan fingerprint density at radius 3 is 3.08 bits per heavy atom. The summed E-state index contributed by atoms with van der Waals surface area (Å²) < 4.78 is 6.42. The number of carbonyl (C=O) groups excluding carboxylic acids is 1. The van der Waals surface area contributed by atoms with Gasteiger partial charge in [-0.15, -0.1) is 0 Å². The molecule has 0 aliphatic heterocycles. The maximum Gasteiger partial charge on any atom is 0.403 e. The second-order valence-corrected chi connectivity index (χ2v) is 2.56. The first-order chi connectivity index (χ1) is 5.70. The van der Waals surface area contributed by atoms with E-state index in [9.17, 15) is 4.79 Å². The van der Waals surface area contributed by atoms with Crippen molar-refractivity contribution in [3.05, 3.63) is 18.2 Å². The van der Waals surface area contributed by atoms with Gasteiger partial charge in [0.05, 0.1) is 6.54 Å². The predicted octanol–water partition coefficient (Wildman–Crippen LogP) is 1.57. The molecule has 1 aromatic rings. The monoisotopic (exact) mass is 188 g/mol. The molecule has 0 saturated carbocycles. The zero-order valence-electron chi connectivity index (χ0n) is 6.66. The smallest absolute Gasteiger partial charge is 0.403 e. The summed E-state index contributed by atoms with van der Waals surface area (Å²) in [7, 11) is 0. The predicted molar refractivity (Wildman–Crippen MR) is 44.2 cm³/mol. The third kappa shape index (κ3) is 2.54. The first kappa shape index (κ1) is 9.06. The summed E-state index contributed by atoms with van der Waals surface area (Å²) in [6.45, 7) is 2.74. The number of rotatable bonds is 3. The van der Waals surface area contributed by atoms with Crippen LogP contribution in [-0.2, 0) is 11.3 Å². The molecule has 0 aromatic carbocycles. The fourth-order valence-corrected chi connectivity index (χ4v) is 0.941. The van der Waals surface area contributed by atoms with Gasteiger partial charge in [0.25, 0.3) is 0 Å². The van der Waals surface area contributed by atoms with E-state index < -0.39 is 5.43 Å². The molecule has 0 radical (unpaired) electrons. The van der Waals surface area contributed by atoms with Gasteiger partial charge in [0.1, 0.15) is 12.4 Å². The van der Waals surface area contributed by atoms with Crippen LogP contribution in [0.5, 0.6) is 0 Å². The van der Waals surface area contributed by atoms with Crippen LogP contribution in [0.3, 0.4) is 0 Å². The molecule has 66 valence electrons. The van der Waals surface area contributed by atoms with Crippen molar-refractivity contribution in [2.24, 2.45) is 0 Å². The minimum Gasteiger partial charge on any atom is -0.452 e. The molecule has 0 spiro atoms. The molecule has 0 amide bonds. The lowest BCUT2D eigenvalue weighted by molar-refractivity contribution is 0.168. The van der Waals surface area contributed by atoms with Crippen molar-refractivity contribution in [3.63, 3.8) is 0 Å². The molecule has 1 aromatic heterocycles. The summed E-state index contributed by atoms with van der Waals surface area (Å²) >= 11 is 4.97. The molecule has 12 heavy (non-hydrogen) atoms. The van der Waals surface area contributed by atoms with Gasteiger partial charge in [-0.2, -0.15) is 0 Å². The van der Waals surface area contributed by atoms with Gasteiger partial charge in [-0.3, -0.25) is 0 Å². The highest BCUT2D eigenvalue weighted by atomic mass is 35.5. The molecule has 0 N–H and O–H groups in total. The normalized spacial score (nSPS) is 9.83. The highest BCUT2D eigenvalue weighted by Gasteiger charge is 1.98. The zero-order chi connectivity index (χ0) is 8.97. The van der Waals surface area contributed by atoms with Crippen LogP contribution < -0.4 is 0 Å². The summed E-state index contributed by atoms with van der Waals surface area (Å²) in [6.07, 6.45) is 3.51. The average Bonchev–Trinajstić information content (AvgIpc) is 2.36. The number of aromatic nitrogens is 2. The first-order valence-electron chi connectivity index (χ1n) is 3.50. The minimum atomic E-state index is -0.771. The van der Waals surface area contributed by atoms with E-state index >= 15 is 0 Å². The van der Waals surface area contributed by atoms with Crippen LogP contribution in [-0.4, -0.2) is 21.6 Å². The van der Waals surface area contributed by atoms with Crippen molar-refractivity contribution in [3.8, 4) is 0 Å². The Hall–Kier alpha value is -1.03. The second kappa shape index (κ2) is 4.11. The van der Waals surface area contributed by atoms with Crippen LogP contribution in [0.1, 0.15) is 5.82 Å². The van der Waals surface area contributed by atoms with E-state index in [1.807, 2.05) is 17.7 Å². The van der Waals surface area contributed by atoms with Crippen LogP contribution in [0, 0.1) is 6.92 Å². The molecule has 0 aliphatic rings. The summed E-state index contributed by atoms with van der Waals surface area (Å²) in [5, 5.41) is 0. The summed E-state index contributed by atoms with van der Waals surface area (Å²) in [4.78, 5) is 14.2. The topological polar surface area (TPSA) is 44.1 Å². The molecule has 0 saturated heterocycles. The van der Waals surface area contributed by atoms with Crippen molar-refractivity contribution in [1.29, 1.82) is 0 Å². The van der Waals surface area contributed by atoms with E-state index in [1.165, 1.54) is 0 Å². The van der Waals surface area contributed by atoms with Crippen LogP contribution in [0.15, 0.2) is 12.4 Å². The third-order valence-corrected chi connectivity index (χ3v) is 1.58. The quantitative estimate of drug-likeness (QED) is 0.677. The Kier molecular flexibility index (Phi) is 3.10. The summed E-state index contributed by atoms with van der Waals surface area (Å²) in [6, 6.07) is 0. The number of hydrogen-bond acceptors (Lipinski definition) is 3. The lowest BCUT2D eigenvalue weighted by atomic mass is 10.6. The van der Waals surface area contributed by atoms with Crippen LogP contribution >= 0.6 is 11.6 Å². The van der Waals surface area contributed by atoms with Crippen LogP contribution in [0.2, 0.25) is 0 Å². The zero-order valence-corrected chi connectivity index (χ0v) is 7.41. The van der Waals surface area contributed by atoms with Gasteiger partial charge >= 0.3 is 5.43 Å². The third-order valence-electron chi connectivity index (χ3n) is 1.47. The Bertz CT molecular complexity index is 272. The number of imidazole rings is 1. The van der Waals surface area contributed by atoms with Crippen LogP contribution in [0.25, 0.3) is 0 Å². The van der Waals surface area contributed by atoms with Crippen molar-refractivity contribution in [2.75, 3.05) is 6.61 Å². The molecule has 0 fully saturated rings. The van der Waals surface area contributed by atoms with E-state index in [-0.39, 0.29) is 6.61 Å². The highest BCUT2D eigenvalue weighted by molar-refractivity contribution is 6.61. The van der Waals surface area contributed by atoms with E-state index in [0.29, 0.717) is 6.54 Å². The summed E-state index contributed by atoms with van der Waals surface area (Å²) in [5.74, 6) is 0.889. The van der Waals surface area contributed by atoms with Gasteiger partial charge < -0.3 is 9.30 Å². The Balaban J connectivity index is 2.33. The lowest BCUT2D eigenvalue weighted by Gasteiger charge is -2.03. The van der Waals surface area contributed by atoms with Gasteiger partial charge in [-0.25, -0.2) is 9.78 Å². The molecule has 4 nitrogen and oxygen atoms in total. The highest BCUT2D eigenvalue weighted by Crippen LogP contribution is 1.95. The summed E-state index contributed by atoms with van der Waals surface area (Å²) in [5.41, 5.74) is -0.771. The van der Waals surface area contributed by atoms with Crippen molar-refractivity contribution < 1.29 is 9.53 Å². The van der Waals surface area contributed by atoms with Gasteiger partial charge in [0, 0.05) is 24.0 Å². The van der Waals surface area contributed by atoms with Gasteiger partial charge in [0.15, 0.2) is 0 Å². The van der Waals surface area contributed by atoms with Gasteiger partial charge in [-0.05, 0) is 6.92 Å². The maximum atomic E-state index is 10.2. The second-order valence-electron chi connectivity index (χ2n) is 2.25. The Morgan fingerprint density at radius 2 is 2.58 bits per heavy atom. The fourth-order valence-electron chi connectivity index (χ4n) is 0.864. The molecular formula is C7H9ClN2O2. The van der Waals surface area contributed by atoms with Gasteiger partial charge in [-0.1, -0.05) is 0 Å². The number of nitrogens with zero attached hydrogens (tertiary/aromatic N) is 2. The largest absolute Gasteiger partial charge is 0.452 e. The van der Waals surface area contributed by atoms with E-state index in [2.05, 4.69) is 9.72 Å². The van der Waals surface area contributed by atoms with Crippen molar-refractivity contribution in [2.45, 2.75) is 13.5 Å². The molecule has 1 rings (SSSR count). The number of halogens is 1.